The van der Waals surface area contributed by atoms with Crippen molar-refractivity contribution < 1.29 is 9.53 Å². The van der Waals surface area contributed by atoms with Gasteiger partial charge in [0.05, 0.1) is 12.9 Å². The van der Waals surface area contributed by atoms with Gasteiger partial charge in [0, 0.05) is 17.9 Å². The summed E-state index contributed by atoms with van der Waals surface area (Å²) in [6.07, 6.45) is 0. The molecule has 130 valence electrons. The van der Waals surface area contributed by atoms with E-state index in [1.165, 1.54) is 11.8 Å². The van der Waals surface area contributed by atoms with E-state index < -0.39 is 0 Å². The van der Waals surface area contributed by atoms with E-state index in [4.69, 9.17) is 4.74 Å². The van der Waals surface area contributed by atoms with Crippen LogP contribution in [0.2, 0.25) is 0 Å². The lowest BCUT2D eigenvalue weighted by atomic mass is 10.2. The monoisotopic (exact) mass is 383 g/mol. The van der Waals surface area contributed by atoms with Gasteiger partial charge in [0.25, 0.3) is 0 Å². The van der Waals surface area contributed by atoms with Crippen molar-refractivity contribution in [3.8, 4) is 5.75 Å². The van der Waals surface area contributed by atoms with Crippen molar-refractivity contribution in [2.75, 3.05) is 18.6 Å². The lowest BCUT2D eigenvalue weighted by molar-refractivity contribution is -0.118. The zero-order valence-electron chi connectivity index (χ0n) is 13.9. The molecule has 0 aliphatic rings. The molecule has 0 radical (unpaired) electrons. The highest BCUT2D eigenvalue weighted by molar-refractivity contribution is 8.03. The zero-order valence-corrected chi connectivity index (χ0v) is 16.4. The van der Waals surface area contributed by atoms with Gasteiger partial charge in [-0.1, -0.05) is 66.9 Å². The first-order valence-corrected chi connectivity index (χ1v) is 10.3. The zero-order chi connectivity index (χ0) is 17.4. The van der Waals surface area contributed by atoms with Crippen LogP contribution in [0, 0.1) is 5.92 Å². The van der Waals surface area contributed by atoms with Gasteiger partial charge in [-0.15, -0.1) is 10.2 Å². The van der Waals surface area contributed by atoms with Gasteiger partial charge in [-0.05, 0) is 12.0 Å². The topological polar surface area (TPSA) is 64.1 Å². The van der Waals surface area contributed by atoms with E-state index in [0.29, 0.717) is 18.2 Å². The lowest BCUT2D eigenvalue weighted by Crippen LogP contribution is -2.24. The quantitative estimate of drug-likeness (QED) is 0.666. The predicted octanol–water partition coefficient (Wildman–Crippen LogP) is 3.70. The van der Waals surface area contributed by atoms with E-state index in [2.05, 4.69) is 29.4 Å². The smallest absolute Gasteiger partial charge is 0.230 e. The SMILES string of the molecule is COc1ccccc1CNC(=O)CSc1nnc(SCC(C)C)s1. The number of amides is 1. The number of aromatic nitrogens is 2. The van der Waals surface area contributed by atoms with Crippen molar-refractivity contribution >= 4 is 40.8 Å². The molecule has 1 aromatic heterocycles. The third-order valence-electron chi connectivity index (χ3n) is 2.92. The molecule has 0 unspecified atom stereocenters. The number of rotatable bonds is 9. The van der Waals surface area contributed by atoms with Crippen LogP contribution in [0.1, 0.15) is 19.4 Å². The average molecular weight is 384 g/mol. The van der Waals surface area contributed by atoms with E-state index in [-0.39, 0.29) is 5.91 Å². The molecule has 1 aromatic carbocycles. The average Bonchev–Trinajstić information content (AvgIpc) is 3.04. The fourth-order valence-corrected chi connectivity index (χ4v) is 4.60. The Morgan fingerprint density at radius 2 is 1.96 bits per heavy atom. The molecule has 0 atom stereocenters. The normalized spacial score (nSPS) is 10.8. The molecule has 1 N–H and O–H groups in total. The Hall–Kier alpha value is -1.25. The van der Waals surface area contributed by atoms with Gasteiger partial charge in [-0.2, -0.15) is 0 Å². The number of nitrogens with zero attached hydrogens (tertiary/aromatic N) is 2. The Kier molecular flexibility index (Phi) is 7.87. The molecule has 0 spiro atoms. The molecule has 0 bridgehead atoms. The predicted molar refractivity (Wildman–Crippen MR) is 101 cm³/mol. The third kappa shape index (κ3) is 6.33. The molecule has 0 saturated carbocycles. The Morgan fingerprint density at radius 1 is 1.25 bits per heavy atom. The van der Waals surface area contributed by atoms with Gasteiger partial charge >= 0.3 is 0 Å². The summed E-state index contributed by atoms with van der Waals surface area (Å²) in [4.78, 5) is 12.0. The third-order valence-corrected chi connectivity index (χ3v) is 6.54. The molecule has 2 aromatic rings. The largest absolute Gasteiger partial charge is 0.496 e. The molecule has 0 saturated heterocycles. The highest BCUT2D eigenvalue weighted by Gasteiger charge is 2.10. The van der Waals surface area contributed by atoms with Crippen LogP contribution in [0.15, 0.2) is 32.9 Å². The molecular formula is C16H21N3O2S3. The summed E-state index contributed by atoms with van der Waals surface area (Å²) in [7, 11) is 1.63. The maximum atomic E-state index is 12.0. The van der Waals surface area contributed by atoms with Crippen LogP contribution in [-0.4, -0.2) is 34.7 Å². The fraction of sp³-hybridized carbons (Fsp3) is 0.438. The van der Waals surface area contributed by atoms with Crippen LogP contribution in [0.4, 0.5) is 0 Å². The summed E-state index contributed by atoms with van der Waals surface area (Å²) in [6.45, 7) is 4.81. The number of hydrogen-bond donors (Lipinski definition) is 1. The van der Waals surface area contributed by atoms with Crippen LogP contribution in [0.25, 0.3) is 0 Å². The van der Waals surface area contributed by atoms with Crippen molar-refractivity contribution in [3.63, 3.8) is 0 Å². The van der Waals surface area contributed by atoms with Gasteiger partial charge in [0.2, 0.25) is 5.91 Å². The second kappa shape index (κ2) is 9.90. The van der Waals surface area contributed by atoms with Gasteiger partial charge < -0.3 is 10.1 Å². The number of methoxy groups -OCH3 is 1. The van der Waals surface area contributed by atoms with E-state index >= 15 is 0 Å². The molecule has 1 heterocycles. The minimum Gasteiger partial charge on any atom is -0.496 e. The van der Waals surface area contributed by atoms with Crippen LogP contribution in [0.5, 0.6) is 5.75 Å². The molecule has 24 heavy (non-hydrogen) atoms. The van der Waals surface area contributed by atoms with Gasteiger partial charge in [-0.3, -0.25) is 4.79 Å². The van der Waals surface area contributed by atoms with Crippen LogP contribution < -0.4 is 10.1 Å². The second-order valence-corrected chi connectivity index (χ2v) is 8.88. The minimum atomic E-state index is -0.0301. The van der Waals surface area contributed by atoms with E-state index in [1.54, 1.807) is 30.2 Å². The molecule has 0 aliphatic carbocycles. The number of thioether (sulfide) groups is 2. The first kappa shape index (κ1) is 19.1. The molecule has 2 rings (SSSR count). The summed E-state index contributed by atoms with van der Waals surface area (Å²) in [5, 5.41) is 11.2. The van der Waals surface area contributed by atoms with E-state index in [1.807, 2.05) is 24.3 Å². The van der Waals surface area contributed by atoms with Crippen LogP contribution >= 0.6 is 34.9 Å². The molecule has 1 amide bonds. The minimum absolute atomic E-state index is 0.0301. The summed E-state index contributed by atoms with van der Waals surface area (Å²) < 4.78 is 7.06. The van der Waals surface area contributed by atoms with Crippen molar-refractivity contribution in [2.24, 2.45) is 5.92 Å². The number of carbonyl (C=O) groups is 1. The number of benzene rings is 1. The van der Waals surface area contributed by atoms with Crippen molar-refractivity contribution in [1.82, 2.24) is 15.5 Å². The van der Waals surface area contributed by atoms with Crippen molar-refractivity contribution in [1.29, 1.82) is 0 Å². The number of ether oxygens (including phenoxy) is 1. The molecular weight excluding hydrogens is 362 g/mol. The van der Waals surface area contributed by atoms with Crippen molar-refractivity contribution in [3.05, 3.63) is 29.8 Å². The Morgan fingerprint density at radius 3 is 2.67 bits per heavy atom. The Bertz CT molecular complexity index is 662. The molecule has 8 heteroatoms. The number of para-hydroxylation sites is 1. The second-order valence-electron chi connectivity index (χ2n) is 5.42. The summed E-state index contributed by atoms with van der Waals surface area (Å²) in [5.74, 6) is 2.73. The standard InChI is InChI=1S/C16H21N3O2S3/c1-11(2)9-22-15-18-19-16(24-15)23-10-14(20)17-8-12-6-4-5-7-13(12)21-3/h4-7,11H,8-10H2,1-3H3,(H,17,20). The fourth-order valence-electron chi connectivity index (χ4n) is 1.77. The first-order chi connectivity index (χ1) is 11.6. The highest BCUT2D eigenvalue weighted by Crippen LogP contribution is 2.29. The van der Waals surface area contributed by atoms with Gasteiger partial charge in [-0.25, -0.2) is 0 Å². The summed E-state index contributed by atoms with van der Waals surface area (Å²) in [5.41, 5.74) is 0.960. The van der Waals surface area contributed by atoms with Gasteiger partial charge in [0.1, 0.15) is 5.75 Å². The maximum absolute atomic E-state index is 12.0. The Labute approximate surface area is 155 Å². The summed E-state index contributed by atoms with van der Waals surface area (Å²) in [6, 6.07) is 7.66. The molecule has 5 nitrogen and oxygen atoms in total. The maximum Gasteiger partial charge on any atom is 0.230 e. The molecule has 0 fully saturated rings. The van der Waals surface area contributed by atoms with E-state index in [9.17, 15) is 4.79 Å². The van der Waals surface area contributed by atoms with E-state index in [0.717, 1.165) is 25.7 Å². The molecule has 0 aliphatic heterocycles. The van der Waals surface area contributed by atoms with Gasteiger partial charge in [0.15, 0.2) is 8.68 Å². The number of hydrogen-bond acceptors (Lipinski definition) is 7. The number of nitrogens with one attached hydrogen (secondary N) is 1. The highest BCUT2D eigenvalue weighted by atomic mass is 32.2. The Balaban J connectivity index is 1.75. The lowest BCUT2D eigenvalue weighted by Gasteiger charge is -2.09. The summed E-state index contributed by atoms with van der Waals surface area (Å²) >= 11 is 4.67. The number of carbonyl (C=O) groups excluding carboxylic acids is 1. The van der Waals surface area contributed by atoms with Crippen LogP contribution in [0.3, 0.4) is 0 Å². The van der Waals surface area contributed by atoms with Crippen LogP contribution in [-0.2, 0) is 11.3 Å². The first-order valence-electron chi connectivity index (χ1n) is 7.56. The van der Waals surface area contributed by atoms with Crippen molar-refractivity contribution in [2.45, 2.75) is 29.1 Å².